The first-order valence-electron chi connectivity index (χ1n) is 4.92. The molecule has 0 aliphatic heterocycles. The first kappa shape index (κ1) is 12.0. The number of ether oxygens (including phenoxy) is 1. The summed E-state index contributed by atoms with van der Waals surface area (Å²) in [6.07, 6.45) is 9.39. The monoisotopic (exact) mass is 182 g/mol. The van der Waals surface area contributed by atoms with Gasteiger partial charge >= 0.3 is 5.97 Å². The Morgan fingerprint density at radius 2 is 1.92 bits per heavy atom. The van der Waals surface area contributed by atoms with Crippen LogP contribution in [0.25, 0.3) is 0 Å². The molecule has 0 aromatic carbocycles. The fraction of sp³-hybridized carbons (Fsp3) is 0.727. The Bertz CT molecular complexity index is 186. The zero-order valence-electron chi connectivity index (χ0n) is 8.56. The van der Waals surface area contributed by atoms with Crippen molar-refractivity contribution in [2.24, 2.45) is 0 Å². The second kappa shape index (κ2) is 9.12. The lowest BCUT2D eigenvalue weighted by atomic mass is 10.1. The summed E-state index contributed by atoms with van der Waals surface area (Å²) in [7, 11) is 0. The molecule has 0 rings (SSSR count). The second-order valence-electron chi connectivity index (χ2n) is 3.04. The lowest BCUT2D eigenvalue weighted by Crippen LogP contribution is -1.89. The predicted octanol–water partition coefficient (Wildman–Crippen LogP) is 2.87. The van der Waals surface area contributed by atoms with E-state index in [0.717, 1.165) is 12.8 Å². The van der Waals surface area contributed by atoms with Gasteiger partial charge in [-0.15, -0.1) is 0 Å². The van der Waals surface area contributed by atoms with Crippen molar-refractivity contribution >= 4 is 5.97 Å². The zero-order chi connectivity index (χ0) is 9.94. The number of rotatable bonds is 5. The summed E-state index contributed by atoms with van der Waals surface area (Å²) in [5, 5.41) is 0. The number of esters is 1. The third-order valence-corrected chi connectivity index (χ3v) is 1.67. The summed E-state index contributed by atoms with van der Waals surface area (Å²) in [5.41, 5.74) is 0. The number of hydrogen-bond acceptors (Lipinski definition) is 2. The first-order chi connectivity index (χ1) is 6.27. The van der Waals surface area contributed by atoms with Crippen LogP contribution < -0.4 is 0 Å². The third-order valence-electron chi connectivity index (χ3n) is 1.67. The Morgan fingerprint density at radius 1 is 1.23 bits per heavy atom. The van der Waals surface area contributed by atoms with Gasteiger partial charge in [0.05, 0.1) is 0 Å². The van der Waals surface area contributed by atoms with E-state index in [-0.39, 0.29) is 5.97 Å². The first-order valence-corrected chi connectivity index (χ1v) is 4.92. The molecule has 13 heavy (non-hydrogen) atoms. The summed E-state index contributed by atoms with van der Waals surface area (Å²) in [6.45, 7) is 3.55. The highest BCUT2D eigenvalue weighted by atomic mass is 16.5. The van der Waals surface area contributed by atoms with Crippen LogP contribution in [0.2, 0.25) is 0 Å². The van der Waals surface area contributed by atoms with Crippen molar-refractivity contribution in [3.63, 3.8) is 0 Å². The summed E-state index contributed by atoms with van der Waals surface area (Å²) in [5.74, 6) is 2.47. The van der Waals surface area contributed by atoms with Crippen LogP contribution in [0, 0.1) is 12.0 Å². The molecule has 0 atom stereocenters. The Morgan fingerprint density at radius 3 is 2.54 bits per heavy atom. The van der Waals surface area contributed by atoms with Crippen LogP contribution >= 0.6 is 0 Å². The molecule has 0 aliphatic rings. The van der Waals surface area contributed by atoms with Crippen molar-refractivity contribution in [3.8, 4) is 12.0 Å². The SMILES string of the molecule is CCCCCCCC#COC(C)=O. The Balaban J connectivity index is 3.13. The highest BCUT2D eigenvalue weighted by molar-refractivity contribution is 5.67. The largest absolute Gasteiger partial charge is 0.372 e. The molecule has 0 bridgehead atoms. The van der Waals surface area contributed by atoms with Crippen LogP contribution in [0.4, 0.5) is 0 Å². The highest BCUT2D eigenvalue weighted by Gasteiger charge is 1.87. The van der Waals surface area contributed by atoms with E-state index in [1.165, 1.54) is 32.6 Å². The van der Waals surface area contributed by atoms with E-state index in [1.807, 2.05) is 0 Å². The van der Waals surface area contributed by atoms with Gasteiger partial charge in [-0.25, -0.2) is 0 Å². The standard InChI is InChI=1S/C11H18O2/c1-3-4-5-6-7-8-9-10-13-11(2)12/h3-8H2,1-2H3. The molecule has 2 heteroatoms. The van der Waals surface area contributed by atoms with E-state index >= 15 is 0 Å². The number of unbranched alkanes of at least 4 members (excludes halogenated alkanes) is 5. The summed E-state index contributed by atoms with van der Waals surface area (Å²) in [6, 6.07) is 0. The van der Waals surface area contributed by atoms with Crippen LogP contribution in [0.15, 0.2) is 0 Å². The maximum Gasteiger partial charge on any atom is 0.316 e. The zero-order valence-corrected chi connectivity index (χ0v) is 8.56. The third kappa shape index (κ3) is 11.0. The molecule has 0 fully saturated rings. The normalized spacial score (nSPS) is 8.77. The quantitative estimate of drug-likeness (QED) is 0.371. The Kier molecular flexibility index (Phi) is 8.44. The van der Waals surface area contributed by atoms with Gasteiger partial charge in [0, 0.05) is 13.3 Å². The van der Waals surface area contributed by atoms with E-state index < -0.39 is 0 Å². The van der Waals surface area contributed by atoms with Crippen LogP contribution in [0.5, 0.6) is 0 Å². The van der Waals surface area contributed by atoms with E-state index in [4.69, 9.17) is 0 Å². The minimum atomic E-state index is -0.335. The van der Waals surface area contributed by atoms with Gasteiger partial charge in [-0.05, 0) is 6.42 Å². The molecular weight excluding hydrogens is 164 g/mol. The second-order valence-corrected chi connectivity index (χ2v) is 3.04. The molecule has 0 N–H and O–H groups in total. The molecule has 74 valence electrons. The van der Waals surface area contributed by atoms with Crippen molar-refractivity contribution in [3.05, 3.63) is 0 Å². The smallest absolute Gasteiger partial charge is 0.316 e. The van der Waals surface area contributed by atoms with Crippen LogP contribution in [0.3, 0.4) is 0 Å². The number of hydrogen-bond donors (Lipinski definition) is 0. The van der Waals surface area contributed by atoms with Crippen LogP contribution in [-0.4, -0.2) is 5.97 Å². The van der Waals surface area contributed by atoms with Gasteiger partial charge < -0.3 is 4.74 Å². The molecule has 0 aromatic heterocycles. The lowest BCUT2D eigenvalue weighted by Gasteiger charge is -1.94. The number of carbonyl (C=O) groups excluding carboxylic acids is 1. The molecule has 0 heterocycles. The van der Waals surface area contributed by atoms with Crippen molar-refractivity contribution in [1.82, 2.24) is 0 Å². The van der Waals surface area contributed by atoms with E-state index in [2.05, 4.69) is 23.7 Å². The molecule has 0 saturated carbocycles. The summed E-state index contributed by atoms with van der Waals surface area (Å²) < 4.78 is 4.47. The maximum atomic E-state index is 10.3. The van der Waals surface area contributed by atoms with E-state index in [0.29, 0.717) is 0 Å². The lowest BCUT2D eigenvalue weighted by molar-refractivity contribution is -0.134. The molecule has 0 aliphatic carbocycles. The molecule has 0 aromatic rings. The molecular formula is C11H18O2. The van der Waals surface area contributed by atoms with Gasteiger partial charge in [-0.1, -0.05) is 38.5 Å². The van der Waals surface area contributed by atoms with Gasteiger partial charge in [0.15, 0.2) is 0 Å². The van der Waals surface area contributed by atoms with E-state index in [1.54, 1.807) is 0 Å². The van der Waals surface area contributed by atoms with Gasteiger partial charge in [0.1, 0.15) is 6.11 Å². The average Bonchev–Trinajstić information content (AvgIpc) is 2.09. The fourth-order valence-corrected chi connectivity index (χ4v) is 0.976. The fourth-order valence-electron chi connectivity index (χ4n) is 0.976. The molecule has 0 spiro atoms. The molecule has 0 saturated heterocycles. The van der Waals surface area contributed by atoms with Gasteiger partial charge in [0.25, 0.3) is 0 Å². The van der Waals surface area contributed by atoms with Crippen molar-refractivity contribution < 1.29 is 9.53 Å². The minimum Gasteiger partial charge on any atom is -0.372 e. The Labute approximate surface area is 80.7 Å². The number of carbonyl (C=O) groups is 1. The summed E-state index contributed by atoms with van der Waals surface area (Å²) >= 11 is 0. The summed E-state index contributed by atoms with van der Waals surface area (Å²) in [4.78, 5) is 10.3. The van der Waals surface area contributed by atoms with E-state index in [9.17, 15) is 4.79 Å². The minimum absolute atomic E-state index is 0.335. The molecule has 0 amide bonds. The van der Waals surface area contributed by atoms with Gasteiger partial charge in [-0.3, -0.25) is 4.79 Å². The topological polar surface area (TPSA) is 26.3 Å². The predicted molar refractivity (Wildman–Crippen MR) is 52.9 cm³/mol. The highest BCUT2D eigenvalue weighted by Crippen LogP contribution is 2.03. The Hall–Kier alpha value is -0.970. The maximum absolute atomic E-state index is 10.3. The van der Waals surface area contributed by atoms with Crippen LogP contribution in [0.1, 0.15) is 52.4 Å². The molecule has 0 unspecified atom stereocenters. The van der Waals surface area contributed by atoms with Crippen molar-refractivity contribution in [2.75, 3.05) is 0 Å². The molecule has 0 radical (unpaired) electrons. The van der Waals surface area contributed by atoms with Gasteiger partial charge in [-0.2, -0.15) is 0 Å². The van der Waals surface area contributed by atoms with Crippen molar-refractivity contribution in [1.29, 1.82) is 0 Å². The average molecular weight is 182 g/mol. The van der Waals surface area contributed by atoms with Crippen molar-refractivity contribution in [2.45, 2.75) is 52.4 Å². The van der Waals surface area contributed by atoms with Crippen LogP contribution in [-0.2, 0) is 9.53 Å². The molecule has 2 nitrogen and oxygen atoms in total. The van der Waals surface area contributed by atoms with Gasteiger partial charge in [0.2, 0.25) is 0 Å².